The Morgan fingerprint density at radius 1 is 1.73 bits per heavy atom. The van der Waals surface area contributed by atoms with Gasteiger partial charge in [0.1, 0.15) is 0 Å². The molecule has 1 unspecified atom stereocenters. The molecule has 2 N–H and O–H groups in total. The van der Waals surface area contributed by atoms with Gasteiger partial charge in [-0.2, -0.15) is 0 Å². The molecule has 1 aromatic heterocycles. The van der Waals surface area contributed by atoms with Crippen LogP contribution in [0.4, 0.5) is 0 Å². The Labute approximate surface area is 63.3 Å². The third kappa shape index (κ3) is 0.906. The van der Waals surface area contributed by atoms with Crippen LogP contribution in [0.1, 0.15) is 11.4 Å². The van der Waals surface area contributed by atoms with Crippen molar-refractivity contribution in [1.82, 2.24) is 9.97 Å². The summed E-state index contributed by atoms with van der Waals surface area (Å²) < 4.78 is 0. The lowest BCUT2D eigenvalue weighted by Gasteiger charge is -1.98. The number of carbonyl (C=O) groups is 1. The van der Waals surface area contributed by atoms with Gasteiger partial charge in [0.2, 0.25) is 0 Å². The Morgan fingerprint density at radius 2 is 2.55 bits per heavy atom. The van der Waals surface area contributed by atoms with Crippen molar-refractivity contribution in [2.24, 2.45) is 5.92 Å². The van der Waals surface area contributed by atoms with Gasteiger partial charge in [-0.25, -0.2) is 4.98 Å². The topological polar surface area (TPSA) is 66.0 Å². The fraction of sp³-hybridized carbons (Fsp3) is 0.429. The molecule has 1 heterocycles. The molecule has 0 aliphatic heterocycles. The molecule has 58 valence electrons. The standard InChI is InChI=1S/C7H8N2O2/c10-7(11)4-1-5-6(2-4)9-3-8-5/h3-4H,1-2H2,(H,8,9)(H,10,11). The van der Waals surface area contributed by atoms with Crippen molar-refractivity contribution < 1.29 is 9.90 Å². The molecule has 0 fully saturated rings. The molecule has 0 bridgehead atoms. The van der Waals surface area contributed by atoms with Gasteiger partial charge in [0.15, 0.2) is 0 Å². The number of rotatable bonds is 1. The van der Waals surface area contributed by atoms with Crippen molar-refractivity contribution in [3.63, 3.8) is 0 Å². The third-order valence-electron chi connectivity index (χ3n) is 2.05. The van der Waals surface area contributed by atoms with E-state index in [1.165, 1.54) is 0 Å². The zero-order valence-electron chi connectivity index (χ0n) is 5.87. The zero-order valence-corrected chi connectivity index (χ0v) is 5.87. The van der Waals surface area contributed by atoms with Crippen molar-refractivity contribution in [3.8, 4) is 0 Å². The normalized spacial score (nSPS) is 16.7. The molecule has 0 radical (unpaired) electrons. The number of aromatic nitrogens is 2. The lowest BCUT2D eigenvalue weighted by atomic mass is 10.1. The van der Waals surface area contributed by atoms with Gasteiger partial charge >= 0.3 is 5.97 Å². The minimum atomic E-state index is -0.726. The molecule has 1 atom stereocenters. The first-order chi connectivity index (χ1) is 5.27. The second-order valence-corrected chi connectivity index (χ2v) is 2.77. The van der Waals surface area contributed by atoms with Gasteiger partial charge in [0.25, 0.3) is 0 Å². The molecule has 11 heavy (non-hydrogen) atoms. The monoisotopic (exact) mass is 152 g/mol. The van der Waals surface area contributed by atoms with E-state index in [1.54, 1.807) is 6.33 Å². The number of carboxylic acid groups (broad SMARTS) is 1. The van der Waals surface area contributed by atoms with Gasteiger partial charge < -0.3 is 10.1 Å². The average molecular weight is 152 g/mol. The number of nitrogens with zero attached hydrogens (tertiary/aromatic N) is 1. The van der Waals surface area contributed by atoms with E-state index in [2.05, 4.69) is 9.97 Å². The van der Waals surface area contributed by atoms with Crippen LogP contribution < -0.4 is 0 Å². The number of imidazole rings is 1. The summed E-state index contributed by atoms with van der Waals surface area (Å²) >= 11 is 0. The van der Waals surface area contributed by atoms with Gasteiger partial charge in [-0.3, -0.25) is 4.79 Å². The number of hydrogen-bond acceptors (Lipinski definition) is 2. The first-order valence-corrected chi connectivity index (χ1v) is 3.51. The van der Waals surface area contributed by atoms with Crippen molar-refractivity contribution in [3.05, 3.63) is 17.7 Å². The molecule has 4 nitrogen and oxygen atoms in total. The summed E-state index contributed by atoms with van der Waals surface area (Å²) in [5.74, 6) is -0.985. The first kappa shape index (κ1) is 6.39. The molecule has 4 heteroatoms. The largest absolute Gasteiger partial charge is 0.481 e. The minimum absolute atomic E-state index is 0.259. The van der Waals surface area contributed by atoms with E-state index in [0.717, 1.165) is 11.4 Å². The van der Waals surface area contributed by atoms with Gasteiger partial charge in [0, 0.05) is 18.5 Å². The first-order valence-electron chi connectivity index (χ1n) is 3.51. The van der Waals surface area contributed by atoms with Crippen LogP contribution in [0, 0.1) is 5.92 Å². The summed E-state index contributed by atoms with van der Waals surface area (Å²) in [5, 5.41) is 8.66. The van der Waals surface area contributed by atoms with E-state index in [9.17, 15) is 4.79 Å². The highest BCUT2D eigenvalue weighted by atomic mass is 16.4. The van der Waals surface area contributed by atoms with Crippen LogP contribution in [0.2, 0.25) is 0 Å². The lowest BCUT2D eigenvalue weighted by molar-refractivity contribution is -0.141. The molecule has 1 aliphatic rings. The maximum Gasteiger partial charge on any atom is 0.307 e. The second kappa shape index (κ2) is 2.08. The Morgan fingerprint density at radius 3 is 3.18 bits per heavy atom. The number of H-pyrrole nitrogens is 1. The Bertz CT molecular complexity index is 272. The number of aromatic amines is 1. The van der Waals surface area contributed by atoms with Crippen LogP contribution in [0.3, 0.4) is 0 Å². The predicted molar refractivity (Wildman–Crippen MR) is 37.1 cm³/mol. The van der Waals surface area contributed by atoms with E-state index in [4.69, 9.17) is 5.11 Å². The van der Waals surface area contributed by atoms with Crippen LogP contribution >= 0.6 is 0 Å². The van der Waals surface area contributed by atoms with Crippen LogP contribution in [0.5, 0.6) is 0 Å². The van der Waals surface area contributed by atoms with E-state index in [1.807, 2.05) is 0 Å². The molecule has 0 amide bonds. The maximum atomic E-state index is 10.5. The third-order valence-corrected chi connectivity index (χ3v) is 2.05. The van der Waals surface area contributed by atoms with Crippen LogP contribution in [-0.4, -0.2) is 21.0 Å². The van der Waals surface area contributed by atoms with Crippen molar-refractivity contribution in [1.29, 1.82) is 0 Å². The summed E-state index contributed by atoms with van der Waals surface area (Å²) in [7, 11) is 0. The fourth-order valence-electron chi connectivity index (χ4n) is 1.43. The molecule has 0 spiro atoms. The minimum Gasteiger partial charge on any atom is -0.481 e. The van der Waals surface area contributed by atoms with Crippen molar-refractivity contribution in [2.45, 2.75) is 12.8 Å². The summed E-state index contributed by atoms with van der Waals surface area (Å²) in [4.78, 5) is 17.5. The summed E-state index contributed by atoms with van der Waals surface area (Å²) in [5.41, 5.74) is 1.90. The summed E-state index contributed by atoms with van der Waals surface area (Å²) in [6, 6.07) is 0. The van der Waals surface area contributed by atoms with E-state index in [0.29, 0.717) is 12.8 Å². The number of aliphatic carboxylic acids is 1. The van der Waals surface area contributed by atoms with Gasteiger partial charge in [-0.05, 0) is 0 Å². The molecule has 0 saturated heterocycles. The maximum absolute atomic E-state index is 10.5. The average Bonchev–Trinajstić information content (AvgIpc) is 2.40. The Hall–Kier alpha value is -1.32. The molecule has 2 rings (SSSR count). The highest BCUT2D eigenvalue weighted by Crippen LogP contribution is 2.23. The highest BCUT2D eigenvalue weighted by Gasteiger charge is 2.28. The summed E-state index contributed by atoms with van der Waals surface area (Å²) in [6.45, 7) is 0. The molecule has 0 saturated carbocycles. The lowest BCUT2D eigenvalue weighted by Crippen LogP contribution is -2.13. The number of nitrogens with one attached hydrogen (secondary N) is 1. The van der Waals surface area contributed by atoms with E-state index < -0.39 is 5.97 Å². The molecule has 0 aromatic carbocycles. The van der Waals surface area contributed by atoms with E-state index in [-0.39, 0.29) is 5.92 Å². The predicted octanol–water partition coefficient (Wildman–Crippen LogP) is 0.209. The van der Waals surface area contributed by atoms with Gasteiger partial charge in [0.05, 0.1) is 17.9 Å². The SMILES string of the molecule is O=C(O)C1Cc2nc[nH]c2C1. The van der Waals surface area contributed by atoms with Gasteiger partial charge in [-0.15, -0.1) is 0 Å². The van der Waals surface area contributed by atoms with E-state index >= 15 is 0 Å². The quantitative estimate of drug-likeness (QED) is 0.604. The zero-order chi connectivity index (χ0) is 7.84. The number of hydrogen-bond donors (Lipinski definition) is 2. The molecule has 1 aromatic rings. The molecular formula is C7H8N2O2. The molecular weight excluding hydrogens is 144 g/mol. The summed E-state index contributed by atoms with van der Waals surface area (Å²) in [6.07, 6.45) is 2.79. The molecule has 1 aliphatic carbocycles. The Kier molecular flexibility index (Phi) is 1.21. The Balaban J connectivity index is 2.22. The van der Waals surface area contributed by atoms with Crippen LogP contribution in [-0.2, 0) is 17.6 Å². The second-order valence-electron chi connectivity index (χ2n) is 2.77. The number of carboxylic acids is 1. The van der Waals surface area contributed by atoms with Crippen LogP contribution in [0.25, 0.3) is 0 Å². The highest BCUT2D eigenvalue weighted by molar-refractivity contribution is 5.71. The van der Waals surface area contributed by atoms with Crippen molar-refractivity contribution >= 4 is 5.97 Å². The number of fused-ring (bicyclic) bond motifs is 1. The van der Waals surface area contributed by atoms with Gasteiger partial charge in [-0.1, -0.05) is 0 Å². The van der Waals surface area contributed by atoms with Crippen LogP contribution in [0.15, 0.2) is 6.33 Å². The smallest absolute Gasteiger partial charge is 0.307 e. The van der Waals surface area contributed by atoms with Crippen molar-refractivity contribution in [2.75, 3.05) is 0 Å². The fourth-order valence-corrected chi connectivity index (χ4v) is 1.43.